The van der Waals surface area contributed by atoms with Crippen molar-refractivity contribution in [2.24, 2.45) is 5.84 Å². The summed E-state index contributed by atoms with van der Waals surface area (Å²) in [6.45, 7) is 0. The molecule has 0 amide bonds. The van der Waals surface area contributed by atoms with Gasteiger partial charge in [0.05, 0.1) is 0 Å². The van der Waals surface area contributed by atoms with Crippen LogP contribution in [-0.4, -0.2) is 9.97 Å². The predicted molar refractivity (Wildman–Crippen MR) is 35.8 cm³/mol. The molecule has 0 aliphatic carbocycles. The normalized spacial score (nSPS) is 9.30. The molecule has 1 rings (SSSR count). The minimum absolute atomic E-state index is 0.381. The van der Waals surface area contributed by atoms with Crippen molar-refractivity contribution in [3.05, 3.63) is 22.7 Å². The highest BCUT2D eigenvalue weighted by atomic mass is 16.1. The number of H-pyrrole nitrogens is 1. The molecule has 6 nitrogen and oxygen atoms in total. The van der Waals surface area contributed by atoms with E-state index in [1.54, 1.807) is 6.07 Å². The minimum Gasteiger partial charge on any atom is -0.313 e. The Morgan fingerprint density at radius 3 is 3.10 bits per heavy atom. The molecule has 1 aromatic heterocycles. The molecule has 10 heavy (non-hydrogen) atoms. The molecule has 0 saturated carbocycles. The van der Waals surface area contributed by atoms with Gasteiger partial charge in [-0.3, -0.25) is 11.3 Å². The van der Waals surface area contributed by atoms with Gasteiger partial charge in [-0.2, -0.15) is 10.5 Å². The summed E-state index contributed by atoms with van der Waals surface area (Å²) < 4.78 is 0. The number of aromatic nitrogens is 2. The molecule has 54 valence electrons. The van der Waals surface area contributed by atoms with Crippen molar-refractivity contribution in [3.63, 3.8) is 0 Å². The minimum atomic E-state index is -0.416. The third-order valence-corrected chi connectivity index (χ3v) is 0.870. The SMILES string of the molecule is NNNc1cc[nH]c(=O)n1. The number of nitrogens with zero attached hydrogens (tertiary/aromatic N) is 1. The van der Waals surface area contributed by atoms with Crippen molar-refractivity contribution in [1.82, 2.24) is 15.5 Å². The summed E-state index contributed by atoms with van der Waals surface area (Å²) in [7, 11) is 0. The van der Waals surface area contributed by atoms with Crippen LogP contribution in [0, 0.1) is 0 Å². The summed E-state index contributed by atoms with van der Waals surface area (Å²) in [6, 6.07) is 1.57. The molecule has 0 aliphatic heterocycles. The zero-order chi connectivity index (χ0) is 7.40. The molecule has 0 aliphatic rings. The number of hydrogen-bond acceptors (Lipinski definition) is 5. The fourth-order valence-corrected chi connectivity index (χ4v) is 0.514. The Morgan fingerprint density at radius 2 is 2.50 bits per heavy atom. The molecule has 0 atom stereocenters. The van der Waals surface area contributed by atoms with E-state index in [1.165, 1.54) is 6.20 Å². The largest absolute Gasteiger partial charge is 0.346 e. The van der Waals surface area contributed by atoms with E-state index in [9.17, 15) is 4.79 Å². The Balaban J connectivity index is 2.85. The second-order valence-corrected chi connectivity index (χ2v) is 1.55. The monoisotopic (exact) mass is 141 g/mol. The van der Waals surface area contributed by atoms with Crippen LogP contribution in [0.5, 0.6) is 0 Å². The number of hydrogen-bond donors (Lipinski definition) is 4. The predicted octanol–water partition coefficient (Wildman–Crippen LogP) is -1.44. The van der Waals surface area contributed by atoms with E-state index in [4.69, 9.17) is 5.84 Å². The number of nitrogens with one attached hydrogen (secondary N) is 3. The number of nitrogens with two attached hydrogens (primary N) is 1. The summed E-state index contributed by atoms with van der Waals surface area (Å²) in [6.07, 6.45) is 1.47. The summed E-state index contributed by atoms with van der Waals surface area (Å²) in [5.41, 5.74) is 4.17. The first-order valence-corrected chi connectivity index (χ1v) is 2.60. The molecular formula is C4H7N5O. The molecule has 0 bridgehead atoms. The third-order valence-electron chi connectivity index (χ3n) is 0.870. The van der Waals surface area contributed by atoms with Crippen LogP contribution < -0.4 is 22.5 Å². The van der Waals surface area contributed by atoms with Gasteiger partial charge < -0.3 is 4.98 Å². The molecular weight excluding hydrogens is 134 g/mol. The molecule has 0 saturated heterocycles. The van der Waals surface area contributed by atoms with Gasteiger partial charge >= 0.3 is 5.69 Å². The van der Waals surface area contributed by atoms with Crippen LogP contribution in [0.4, 0.5) is 5.82 Å². The van der Waals surface area contributed by atoms with Crippen molar-refractivity contribution in [2.45, 2.75) is 0 Å². The average molecular weight is 141 g/mol. The molecule has 6 heteroatoms. The number of rotatable bonds is 2. The molecule has 0 radical (unpaired) electrons. The Bertz CT molecular complexity index is 256. The Hall–Kier alpha value is -1.40. The number of hydrazine groups is 2. The molecule has 1 heterocycles. The first kappa shape index (κ1) is 6.72. The van der Waals surface area contributed by atoms with E-state index < -0.39 is 5.69 Å². The lowest BCUT2D eigenvalue weighted by Crippen LogP contribution is -2.30. The topological polar surface area (TPSA) is 95.8 Å². The van der Waals surface area contributed by atoms with E-state index in [2.05, 4.69) is 20.9 Å². The summed E-state index contributed by atoms with van der Waals surface area (Å²) >= 11 is 0. The zero-order valence-electron chi connectivity index (χ0n) is 5.09. The van der Waals surface area contributed by atoms with Crippen molar-refractivity contribution >= 4 is 5.82 Å². The van der Waals surface area contributed by atoms with Gasteiger partial charge in [0, 0.05) is 6.20 Å². The first-order valence-electron chi connectivity index (χ1n) is 2.60. The van der Waals surface area contributed by atoms with Crippen LogP contribution >= 0.6 is 0 Å². The van der Waals surface area contributed by atoms with E-state index in [0.717, 1.165) is 0 Å². The molecule has 0 unspecified atom stereocenters. The second-order valence-electron chi connectivity index (χ2n) is 1.55. The highest BCUT2D eigenvalue weighted by Crippen LogP contribution is 1.90. The molecule has 0 spiro atoms. The lowest BCUT2D eigenvalue weighted by Gasteiger charge is -1.98. The Morgan fingerprint density at radius 1 is 1.70 bits per heavy atom. The molecule has 0 fully saturated rings. The highest BCUT2D eigenvalue weighted by Gasteiger charge is 1.88. The van der Waals surface area contributed by atoms with E-state index >= 15 is 0 Å². The fraction of sp³-hybridized carbons (Fsp3) is 0. The van der Waals surface area contributed by atoms with Gasteiger partial charge in [-0.05, 0) is 6.07 Å². The molecule has 1 aromatic rings. The first-order chi connectivity index (χ1) is 4.83. The van der Waals surface area contributed by atoms with Crippen LogP contribution in [0.2, 0.25) is 0 Å². The highest BCUT2D eigenvalue weighted by molar-refractivity contribution is 5.29. The third kappa shape index (κ3) is 1.54. The van der Waals surface area contributed by atoms with Gasteiger partial charge in [0.25, 0.3) is 0 Å². The average Bonchev–Trinajstić information content (AvgIpc) is 1.88. The quantitative estimate of drug-likeness (QED) is 0.299. The molecule has 0 aromatic carbocycles. The van der Waals surface area contributed by atoms with Crippen molar-refractivity contribution in [2.75, 3.05) is 5.43 Å². The number of anilines is 1. The Kier molecular flexibility index (Phi) is 1.98. The van der Waals surface area contributed by atoms with Gasteiger partial charge in [0.15, 0.2) is 0 Å². The second kappa shape index (κ2) is 2.95. The number of aromatic amines is 1. The Labute approximate surface area is 56.4 Å². The van der Waals surface area contributed by atoms with Gasteiger partial charge in [-0.25, -0.2) is 4.79 Å². The van der Waals surface area contributed by atoms with Gasteiger partial charge in [0.1, 0.15) is 5.82 Å². The van der Waals surface area contributed by atoms with Crippen LogP contribution in [0.1, 0.15) is 0 Å². The van der Waals surface area contributed by atoms with Crippen LogP contribution in [0.15, 0.2) is 17.1 Å². The van der Waals surface area contributed by atoms with Gasteiger partial charge in [-0.15, -0.1) is 0 Å². The van der Waals surface area contributed by atoms with Crippen molar-refractivity contribution in [1.29, 1.82) is 0 Å². The summed E-state index contributed by atoms with van der Waals surface area (Å²) in [5, 5.41) is 0. The standard InChI is InChI=1S/C4H7N5O/c5-9-8-3-1-2-6-4(10)7-3/h1-2,9H,5H2,(H2,6,7,8,10). The van der Waals surface area contributed by atoms with E-state index in [-0.39, 0.29) is 0 Å². The van der Waals surface area contributed by atoms with Gasteiger partial charge in [0.2, 0.25) is 0 Å². The lowest BCUT2D eigenvalue weighted by molar-refractivity contribution is 0.858. The van der Waals surface area contributed by atoms with Crippen LogP contribution in [-0.2, 0) is 0 Å². The van der Waals surface area contributed by atoms with E-state index in [1.807, 2.05) is 0 Å². The van der Waals surface area contributed by atoms with Crippen LogP contribution in [0.25, 0.3) is 0 Å². The van der Waals surface area contributed by atoms with Crippen LogP contribution in [0.3, 0.4) is 0 Å². The maximum atomic E-state index is 10.5. The smallest absolute Gasteiger partial charge is 0.313 e. The maximum Gasteiger partial charge on any atom is 0.346 e. The maximum absolute atomic E-state index is 10.5. The summed E-state index contributed by atoms with van der Waals surface area (Å²) in [5.74, 6) is 5.28. The van der Waals surface area contributed by atoms with Crippen molar-refractivity contribution < 1.29 is 0 Å². The van der Waals surface area contributed by atoms with Crippen molar-refractivity contribution in [3.8, 4) is 0 Å². The molecule has 5 N–H and O–H groups in total. The fourth-order valence-electron chi connectivity index (χ4n) is 0.514. The van der Waals surface area contributed by atoms with E-state index in [0.29, 0.717) is 5.82 Å². The zero-order valence-corrected chi connectivity index (χ0v) is 5.09. The van der Waals surface area contributed by atoms with Gasteiger partial charge in [-0.1, -0.05) is 0 Å². The lowest BCUT2D eigenvalue weighted by atomic mass is 10.6. The summed E-state index contributed by atoms with van der Waals surface area (Å²) in [4.78, 5) is 16.3.